The number of para-hydroxylation sites is 1. The highest BCUT2D eigenvalue weighted by Gasteiger charge is 2.10. The van der Waals surface area contributed by atoms with Crippen molar-refractivity contribution in [2.24, 2.45) is 0 Å². The highest BCUT2D eigenvalue weighted by atomic mass is 16.5. The van der Waals surface area contributed by atoms with Gasteiger partial charge in [-0.25, -0.2) is 0 Å². The molecule has 0 aliphatic carbocycles. The Morgan fingerprint density at radius 2 is 1.96 bits per heavy atom. The number of amides is 1. The van der Waals surface area contributed by atoms with Crippen molar-refractivity contribution in [3.63, 3.8) is 0 Å². The van der Waals surface area contributed by atoms with E-state index in [-0.39, 0.29) is 5.91 Å². The van der Waals surface area contributed by atoms with Crippen LogP contribution in [0, 0.1) is 0 Å². The second-order valence-corrected chi connectivity index (χ2v) is 5.70. The van der Waals surface area contributed by atoms with Crippen LogP contribution in [-0.4, -0.2) is 24.5 Å². The van der Waals surface area contributed by atoms with Crippen LogP contribution in [0.4, 0.5) is 0 Å². The Kier molecular flexibility index (Phi) is 5.19. The van der Waals surface area contributed by atoms with Crippen LogP contribution in [0.25, 0.3) is 17.0 Å². The number of fused-ring (bicyclic) bond motifs is 1. The molecule has 1 amide bonds. The molecule has 0 bridgehead atoms. The highest BCUT2D eigenvalue weighted by Crippen LogP contribution is 2.28. The molecule has 1 aromatic heterocycles. The van der Waals surface area contributed by atoms with Crippen molar-refractivity contribution in [3.05, 3.63) is 72.0 Å². The smallest absolute Gasteiger partial charge is 0.246 e. The molecule has 0 fully saturated rings. The first-order valence-electron chi connectivity index (χ1n) is 8.28. The van der Waals surface area contributed by atoms with Gasteiger partial charge in [0.15, 0.2) is 11.3 Å². The van der Waals surface area contributed by atoms with Crippen molar-refractivity contribution in [2.45, 2.75) is 13.5 Å². The van der Waals surface area contributed by atoms with Crippen LogP contribution in [0.3, 0.4) is 0 Å². The zero-order chi connectivity index (χ0) is 17.6. The first-order chi connectivity index (χ1) is 12.2. The van der Waals surface area contributed by atoms with Crippen LogP contribution >= 0.6 is 0 Å². The summed E-state index contributed by atoms with van der Waals surface area (Å²) in [4.78, 5) is 14.2. The fraction of sp³-hybridized carbons (Fsp3) is 0.190. The Labute approximate surface area is 147 Å². The van der Waals surface area contributed by atoms with Crippen molar-refractivity contribution in [3.8, 4) is 5.75 Å². The Morgan fingerprint density at radius 1 is 1.16 bits per heavy atom. The maximum absolute atomic E-state index is 12.5. The van der Waals surface area contributed by atoms with Gasteiger partial charge in [0.05, 0.1) is 7.11 Å². The van der Waals surface area contributed by atoms with Crippen molar-refractivity contribution < 1.29 is 13.9 Å². The van der Waals surface area contributed by atoms with E-state index in [4.69, 9.17) is 9.15 Å². The third-order valence-corrected chi connectivity index (χ3v) is 4.05. The normalized spacial score (nSPS) is 11.1. The van der Waals surface area contributed by atoms with Gasteiger partial charge in [0.25, 0.3) is 0 Å². The van der Waals surface area contributed by atoms with E-state index in [0.29, 0.717) is 30.2 Å². The molecule has 0 saturated carbocycles. The van der Waals surface area contributed by atoms with Crippen molar-refractivity contribution in [1.82, 2.24) is 4.90 Å². The minimum Gasteiger partial charge on any atom is -0.493 e. The molecule has 0 aliphatic heterocycles. The zero-order valence-electron chi connectivity index (χ0n) is 14.4. The summed E-state index contributed by atoms with van der Waals surface area (Å²) in [5.74, 6) is 1.27. The number of hydrogen-bond donors (Lipinski definition) is 0. The van der Waals surface area contributed by atoms with Crippen LogP contribution in [0.2, 0.25) is 0 Å². The zero-order valence-corrected chi connectivity index (χ0v) is 14.4. The van der Waals surface area contributed by atoms with E-state index in [1.807, 2.05) is 61.5 Å². The fourth-order valence-corrected chi connectivity index (χ4v) is 2.71. The SMILES string of the molecule is CCN(Cc1ccccc1)C(=O)/C=C/c1cc2cccc(OC)c2o1. The topological polar surface area (TPSA) is 42.7 Å². The summed E-state index contributed by atoms with van der Waals surface area (Å²) in [5.41, 5.74) is 1.80. The minimum absolute atomic E-state index is 0.0428. The van der Waals surface area contributed by atoms with Crippen LogP contribution in [0.15, 0.2) is 65.1 Å². The van der Waals surface area contributed by atoms with Gasteiger partial charge in [0.2, 0.25) is 5.91 Å². The summed E-state index contributed by atoms with van der Waals surface area (Å²) in [6.07, 6.45) is 3.26. The summed E-state index contributed by atoms with van der Waals surface area (Å²) in [5, 5.41) is 0.947. The lowest BCUT2D eigenvalue weighted by Gasteiger charge is -2.19. The number of benzene rings is 2. The number of hydrogen-bond acceptors (Lipinski definition) is 3. The molecule has 4 nitrogen and oxygen atoms in total. The lowest BCUT2D eigenvalue weighted by Crippen LogP contribution is -2.28. The van der Waals surface area contributed by atoms with E-state index in [1.165, 1.54) is 0 Å². The molecule has 4 heteroatoms. The van der Waals surface area contributed by atoms with Gasteiger partial charge in [-0.05, 0) is 30.7 Å². The predicted octanol–water partition coefficient (Wildman–Crippen LogP) is 4.50. The molecule has 25 heavy (non-hydrogen) atoms. The molecular weight excluding hydrogens is 314 g/mol. The largest absolute Gasteiger partial charge is 0.493 e. The molecule has 0 N–H and O–H groups in total. The molecule has 3 aromatic rings. The van der Waals surface area contributed by atoms with Gasteiger partial charge in [-0.2, -0.15) is 0 Å². The third-order valence-electron chi connectivity index (χ3n) is 4.05. The number of nitrogens with zero attached hydrogens (tertiary/aromatic N) is 1. The molecule has 1 heterocycles. The molecule has 0 unspecified atom stereocenters. The average molecular weight is 335 g/mol. The molecule has 3 rings (SSSR count). The Morgan fingerprint density at radius 3 is 2.68 bits per heavy atom. The van der Waals surface area contributed by atoms with E-state index < -0.39 is 0 Å². The van der Waals surface area contributed by atoms with E-state index in [9.17, 15) is 4.79 Å². The van der Waals surface area contributed by atoms with Gasteiger partial charge < -0.3 is 14.1 Å². The second kappa shape index (κ2) is 7.71. The number of furan rings is 1. The maximum atomic E-state index is 12.5. The van der Waals surface area contributed by atoms with Crippen molar-refractivity contribution in [2.75, 3.05) is 13.7 Å². The van der Waals surface area contributed by atoms with Crippen molar-refractivity contribution >= 4 is 23.0 Å². The fourth-order valence-electron chi connectivity index (χ4n) is 2.71. The molecule has 0 spiro atoms. The standard InChI is InChI=1S/C21H21NO3/c1-3-22(15-16-8-5-4-6-9-16)20(23)13-12-18-14-17-10-7-11-19(24-2)21(17)25-18/h4-14H,3,15H2,1-2H3/b13-12+. The van der Waals surface area contributed by atoms with Crippen molar-refractivity contribution in [1.29, 1.82) is 0 Å². The second-order valence-electron chi connectivity index (χ2n) is 5.70. The van der Waals surface area contributed by atoms with Crippen LogP contribution in [0.1, 0.15) is 18.2 Å². The maximum Gasteiger partial charge on any atom is 0.246 e. The van der Waals surface area contributed by atoms with Crippen LogP contribution in [-0.2, 0) is 11.3 Å². The molecule has 0 saturated heterocycles. The Bertz CT molecular complexity index is 881. The number of rotatable bonds is 6. The number of carbonyl (C=O) groups is 1. The molecule has 128 valence electrons. The number of carbonyl (C=O) groups excluding carboxylic acids is 1. The lowest BCUT2D eigenvalue weighted by atomic mass is 10.2. The van der Waals surface area contributed by atoms with E-state index in [2.05, 4.69) is 0 Å². The van der Waals surface area contributed by atoms with Crippen LogP contribution < -0.4 is 4.74 Å². The first kappa shape index (κ1) is 16.8. The van der Waals surface area contributed by atoms with Gasteiger partial charge in [0.1, 0.15) is 5.76 Å². The summed E-state index contributed by atoms with van der Waals surface area (Å²) < 4.78 is 11.1. The summed E-state index contributed by atoms with van der Waals surface area (Å²) in [6.45, 7) is 3.21. The predicted molar refractivity (Wildman–Crippen MR) is 99.3 cm³/mol. The monoisotopic (exact) mass is 335 g/mol. The minimum atomic E-state index is -0.0428. The van der Waals surface area contributed by atoms with Gasteiger partial charge in [-0.3, -0.25) is 4.79 Å². The molecule has 0 atom stereocenters. The molecule has 0 radical (unpaired) electrons. The summed E-state index contributed by atoms with van der Waals surface area (Å²) in [7, 11) is 1.61. The Hall–Kier alpha value is -3.01. The van der Waals surface area contributed by atoms with Gasteiger partial charge in [-0.1, -0.05) is 42.5 Å². The molecular formula is C21H21NO3. The average Bonchev–Trinajstić information content (AvgIpc) is 3.08. The van der Waals surface area contributed by atoms with E-state index in [0.717, 1.165) is 10.9 Å². The van der Waals surface area contributed by atoms with E-state index in [1.54, 1.807) is 24.2 Å². The molecule has 2 aromatic carbocycles. The van der Waals surface area contributed by atoms with Gasteiger partial charge in [0, 0.05) is 24.6 Å². The number of methoxy groups -OCH3 is 1. The lowest BCUT2D eigenvalue weighted by molar-refractivity contribution is -0.126. The number of ether oxygens (including phenoxy) is 1. The highest BCUT2D eigenvalue weighted by molar-refractivity contribution is 5.92. The summed E-state index contributed by atoms with van der Waals surface area (Å²) >= 11 is 0. The third kappa shape index (κ3) is 3.91. The van der Waals surface area contributed by atoms with E-state index >= 15 is 0 Å². The quantitative estimate of drug-likeness (QED) is 0.623. The Balaban J connectivity index is 1.75. The summed E-state index contributed by atoms with van der Waals surface area (Å²) in [6, 6.07) is 17.6. The first-order valence-corrected chi connectivity index (χ1v) is 8.28. The molecule has 0 aliphatic rings. The van der Waals surface area contributed by atoms with Crippen LogP contribution in [0.5, 0.6) is 5.75 Å². The number of likely N-dealkylation sites (N-methyl/N-ethyl adjacent to an activating group) is 1. The van der Waals surface area contributed by atoms with Gasteiger partial charge in [-0.15, -0.1) is 0 Å². The van der Waals surface area contributed by atoms with Gasteiger partial charge >= 0.3 is 0 Å².